The minimum Gasteiger partial charge on any atom is -0.496 e. The van der Waals surface area contributed by atoms with Crippen LogP contribution in [-0.4, -0.2) is 13.2 Å². The molecule has 1 aromatic rings. The minimum absolute atomic E-state index is 0.317. The highest BCUT2D eigenvalue weighted by Gasteiger charge is 2.13. The average Bonchev–Trinajstić information content (AvgIpc) is 2.38. The van der Waals surface area contributed by atoms with Crippen molar-refractivity contribution in [2.24, 2.45) is 5.73 Å². The van der Waals surface area contributed by atoms with Crippen LogP contribution in [0, 0.1) is 13.8 Å². The lowest BCUT2D eigenvalue weighted by Gasteiger charge is -2.16. The van der Waals surface area contributed by atoms with Crippen LogP contribution in [0.25, 0.3) is 0 Å². The second-order valence-corrected chi connectivity index (χ2v) is 5.63. The highest BCUT2D eigenvalue weighted by Crippen LogP contribution is 2.32. The summed E-state index contributed by atoms with van der Waals surface area (Å²) in [5, 5.41) is 0.855. The van der Waals surface area contributed by atoms with E-state index in [0.29, 0.717) is 6.04 Å². The average molecular weight is 284 g/mol. The monoisotopic (exact) mass is 283 g/mol. The van der Waals surface area contributed by atoms with Crippen molar-refractivity contribution >= 4 is 11.6 Å². The molecule has 0 fully saturated rings. The molecule has 0 aliphatic heterocycles. The van der Waals surface area contributed by atoms with Crippen LogP contribution in [0.5, 0.6) is 5.75 Å². The van der Waals surface area contributed by atoms with Gasteiger partial charge in [-0.3, -0.25) is 0 Å². The smallest absolute Gasteiger partial charge is 0.122 e. The molecule has 1 rings (SSSR count). The summed E-state index contributed by atoms with van der Waals surface area (Å²) < 4.78 is 5.48. The van der Waals surface area contributed by atoms with E-state index in [1.54, 1.807) is 7.11 Å². The highest BCUT2D eigenvalue weighted by atomic mass is 35.5. The zero-order valence-corrected chi connectivity index (χ0v) is 13.3. The Morgan fingerprint density at radius 2 is 2.00 bits per heavy atom. The van der Waals surface area contributed by atoms with Crippen molar-refractivity contribution in [2.45, 2.75) is 58.9 Å². The van der Waals surface area contributed by atoms with Crippen molar-refractivity contribution < 1.29 is 4.74 Å². The van der Waals surface area contributed by atoms with Gasteiger partial charge >= 0.3 is 0 Å². The van der Waals surface area contributed by atoms with Crippen molar-refractivity contribution in [1.82, 2.24) is 0 Å². The SMILES string of the molecule is CCCC(N)CCCc1c(OC)cc(C)c(Cl)c1C. The van der Waals surface area contributed by atoms with E-state index < -0.39 is 0 Å². The molecule has 0 aliphatic carbocycles. The van der Waals surface area contributed by atoms with E-state index in [0.717, 1.165) is 54.0 Å². The molecule has 1 aromatic carbocycles. The lowest BCUT2D eigenvalue weighted by Crippen LogP contribution is -2.19. The van der Waals surface area contributed by atoms with E-state index in [4.69, 9.17) is 22.1 Å². The van der Waals surface area contributed by atoms with Crippen LogP contribution >= 0.6 is 11.6 Å². The number of halogens is 1. The topological polar surface area (TPSA) is 35.2 Å². The molecule has 0 saturated heterocycles. The molecular formula is C16H26ClNO. The predicted molar refractivity (Wildman–Crippen MR) is 83.3 cm³/mol. The Kier molecular flexibility index (Phi) is 6.67. The van der Waals surface area contributed by atoms with Gasteiger partial charge in [-0.2, -0.15) is 0 Å². The third kappa shape index (κ3) is 4.39. The van der Waals surface area contributed by atoms with E-state index in [1.165, 1.54) is 5.56 Å². The molecule has 0 spiro atoms. The normalized spacial score (nSPS) is 12.5. The second kappa shape index (κ2) is 7.76. The van der Waals surface area contributed by atoms with Gasteiger partial charge < -0.3 is 10.5 Å². The molecule has 1 unspecified atom stereocenters. The van der Waals surface area contributed by atoms with E-state index in [2.05, 4.69) is 13.8 Å². The van der Waals surface area contributed by atoms with Crippen LogP contribution in [0.15, 0.2) is 6.07 Å². The summed E-state index contributed by atoms with van der Waals surface area (Å²) in [6.07, 6.45) is 5.37. The van der Waals surface area contributed by atoms with Crippen LogP contribution in [-0.2, 0) is 6.42 Å². The van der Waals surface area contributed by atoms with Crippen molar-refractivity contribution in [3.05, 3.63) is 27.8 Å². The number of aryl methyl sites for hydroxylation is 1. The van der Waals surface area contributed by atoms with Crippen LogP contribution in [0.3, 0.4) is 0 Å². The third-order valence-electron chi connectivity index (χ3n) is 3.65. The molecular weight excluding hydrogens is 258 g/mol. The van der Waals surface area contributed by atoms with Crippen molar-refractivity contribution in [2.75, 3.05) is 7.11 Å². The summed E-state index contributed by atoms with van der Waals surface area (Å²) in [4.78, 5) is 0. The Morgan fingerprint density at radius 3 is 2.58 bits per heavy atom. The van der Waals surface area contributed by atoms with Gasteiger partial charge in [0.1, 0.15) is 5.75 Å². The van der Waals surface area contributed by atoms with E-state index in [-0.39, 0.29) is 0 Å². The molecule has 108 valence electrons. The lowest BCUT2D eigenvalue weighted by molar-refractivity contribution is 0.407. The molecule has 2 N–H and O–H groups in total. The molecule has 0 aliphatic rings. The first kappa shape index (κ1) is 16.3. The molecule has 0 saturated carbocycles. The summed E-state index contributed by atoms with van der Waals surface area (Å²) in [5.41, 5.74) is 9.49. The Bertz CT molecular complexity index is 418. The fourth-order valence-corrected chi connectivity index (χ4v) is 2.68. The summed E-state index contributed by atoms with van der Waals surface area (Å²) in [5.74, 6) is 0.948. The lowest BCUT2D eigenvalue weighted by atomic mass is 9.97. The van der Waals surface area contributed by atoms with Gasteiger partial charge in [-0.25, -0.2) is 0 Å². The Morgan fingerprint density at radius 1 is 1.32 bits per heavy atom. The summed E-state index contributed by atoms with van der Waals surface area (Å²) in [7, 11) is 1.72. The van der Waals surface area contributed by atoms with Gasteiger partial charge in [0, 0.05) is 11.1 Å². The van der Waals surface area contributed by atoms with Gasteiger partial charge in [-0.05, 0) is 62.3 Å². The minimum atomic E-state index is 0.317. The summed E-state index contributed by atoms with van der Waals surface area (Å²) in [6.45, 7) is 6.25. The number of benzene rings is 1. The molecule has 3 heteroatoms. The first-order chi connectivity index (χ1) is 9.01. The summed E-state index contributed by atoms with van der Waals surface area (Å²) >= 11 is 6.32. The predicted octanol–water partition coefficient (Wildman–Crippen LogP) is 4.42. The number of hydrogen-bond acceptors (Lipinski definition) is 2. The van der Waals surface area contributed by atoms with Crippen LogP contribution < -0.4 is 10.5 Å². The molecule has 2 nitrogen and oxygen atoms in total. The van der Waals surface area contributed by atoms with Crippen molar-refractivity contribution in [3.63, 3.8) is 0 Å². The number of nitrogens with two attached hydrogens (primary N) is 1. The molecule has 19 heavy (non-hydrogen) atoms. The first-order valence-electron chi connectivity index (χ1n) is 7.09. The number of hydrogen-bond donors (Lipinski definition) is 1. The zero-order chi connectivity index (χ0) is 14.4. The third-order valence-corrected chi connectivity index (χ3v) is 4.24. The summed E-state index contributed by atoms with van der Waals surface area (Å²) in [6, 6.07) is 2.34. The van der Waals surface area contributed by atoms with Gasteiger partial charge in [0.15, 0.2) is 0 Å². The molecule has 0 radical (unpaired) electrons. The second-order valence-electron chi connectivity index (χ2n) is 5.25. The maximum atomic E-state index is 6.32. The maximum Gasteiger partial charge on any atom is 0.122 e. The molecule has 0 heterocycles. The Balaban J connectivity index is 2.75. The van der Waals surface area contributed by atoms with Gasteiger partial charge in [-0.1, -0.05) is 24.9 Å². The highest BCUT2D eigenvalue weighted by molar-refractivity contribution is 6.32. The number of rotatable bonds is 7. The Hall–Kier alpha value is -0.730. The van der Waals surface area contributed by atoms with Crippen molar-refractivity contribution in [3.8, 4) is 5.75 Å². The van der Waals surface area contributed by atoms with E-state index in [9.17, 15) is 0 Å². The fourth-order valence-electron chi connectivity index (χ4n) is 2.51. The van der Waals surface area contributed by atoms with Gasteiger partial charge in [0.2, 0.25) is 0 Å². The first-order valence-corrected chi connectivity index (χ1v) is 7.47. The van der Waals surface area contributed by atoms with Gasteiger partial charge in [0.05, 0.1) is 7.11 Å². The number of methoxy groups -OCH3 is 1. The van der Waals surface area contributed by atoms with Crippen LogP contribution in [0.1, 0.15) is 49.3 Å². The van der Waals surface area contributed by atoms with Crippen LogP contribution in [0.2, 0.25) is 5.02 Å². The zero-order valence-electron chi connectivity index (χ0n) is 12.6. The quantitative estimate of drug-likeness (QED) is 0.804. The van der Waals surface area contributed by atoms with E-state index >= 15 is 0 Å². The molecule has 1 atom stereocenters. The maximum absolute atomic E-state index is 6.32. The Labute approximate surface area is 122 Å². The van der Waals surface area contributed by atoms with E-state index in [1.807, 2.05) is 13.0 Å². The van der Waals surface area contributed by atoms with Crippen molar-refractivity contribution in [1.29, 1.82) is 0 Å². The molecule has 0 bridgehead atoms. The standard InChI is InChI=1S/C16H26ClNO/c1-5-7-13(18)8-6-9-14-12(3)16(17)11(2)10-15(14)19-4/h10,13H,5-9,18H2,1-4H3. The molecule has 0 amide bonds. The van der Waals surface area contributed by atoms with Gasteiger partial charge in [0.25, 0.3) is 0 Å². The fraction of sp³-hybridized carbons (Fsp3) is 0.625. The largest absolute Gasteiger partial charge is 0.496 e. The molecule has 0 aromatic heterocycles. The number of ether oxygens (including phenoxy) is 1. The van der Waals surface area contributed by atoms with Crippen LogP contribution in [0.4, 0.5) is 0 Å². The van der Waals surface area contributed by atoms with Gasteiger partial charge in [-0.15, -0.1) is 0 Å².